The minimum Gasteiger partial charge on any atom is -0.379 e. The first-order chi connectivity index (χ1) is 9.46. The Morgan fingerprint density at radius 3 is 2.85 bits per heavy atom. The molecule has 2 heterocycles. The largest absolute Gasteiger partial charge is 0.406 e. The molecule has 3 nitrogen and oxygen atoms in total. The van der Waals surface area contributed by atoms with Gasteiger partial charge in [0, 0.05) is 11.5 Å². The van der Waals surface area contributed by atoms with Crippen LogP contribution in [-0.2, 0) is 16.0 Å². The molecule has 1 fully saturated rings. The number of halogens is 3. The van der Waals surface area contributed by atoms with Crippen LogP contribution in [0.4, 0.5) is 13.2 Å². The Morgan fingerprint density at radius 1 is 1.50 bits per heavy atom. The molecule has 1 atom stereocenters. The van der Waals surface area contributed by atoms with Crippen molar-refractivity contribution in [1.29, 1.82) is 0 Å². The van der Waals surface area contributed by atoms with Gasteiger partial charge in [-0.1, -0.05) is 6.07 Å². The highest BCUT2D eigenvalue weighted by molar-refractivity contribution is 7.10. The SMILES string of the molecule is O=C(Cc1cccs1)N(CC(F)(F)F)[C@@H]1CCCOC1. The van der Waals surface area contributed by atoms with Crippen LogP contribution in [0.2, 0.25) is 0 Å². The van der Waals surface area contributed by atoms with Crippen LogP contribution in [0, 0.1) is 0 Å². The monoisotopic (exact) mass is 307 g/mol. The lowest BCUT2D eigenvalue weighted by Crippen LogP contribution is -2.49. The van der Waals surface area contributed by atoms with Gasteiger partial charge in [0.1, 0.15) is 6.54 Å². The van der Waals surface area contributed by atoms with Gasteiger partial charge in [0.2, 0.25) is 5.91 Å². The summed E-state index contributed by atoms with van der Waals surface area (Å²) < 4.78 is 43.2. The van der Waals surface area contributed by atoms with E-state index in [0.717, 1.165) is 9.78 Å². The molecular weight excluding hydrogens is 291 g/mol. The maximum atomic E-state index is 12.7. The summed E-state index contributed by atoms with van der Waals surface area (Å²) in [7, 11) is 0. The van der Waals surface area contributed by atoms with Crippen molar-refractivity contribution in [2.45, 2.75) is 31.5 Å². The molecule has 1 aromatic heterocycles. The molecular formula is C13H16F3NO2S. The predicted octanol–water partition coefficient (Wildman–Crippen LogP) is 2.86. The molecule has 1 aliphatic heterocycles. The molecule has 2 rings (SSSR count). The fourth-order valence-electron chi connectivity index (χ4n) is 2.25. The van der Waals surface area contributed by atoms with Crippen LogP contribution >= 0.6 is 11.3 Å². The summed E-state index contributed by atoms with van der Waals surface area (Å²) in [6.07, 6.45) is -3.12. The minimum absolute atomic E-state index is 0.0181. The van der Waals surface area contributed by atoms with E-state index in [2.05, 4.69) is 0 Å². The maximum Gasteiger partial charge on any atom is 0.406 e. The van der Waals surface area contributed by atoms with Crippen molar-refractivity contribution in [1.82, 2.24) is 4.90 Å². The zero-order chi connectivity index (χ0) is 14.6. The average molecular weight is 307 g/mol. The van der Waals surface area contributed by atoms with E-state index >= 15 is 0 Å². The highest BCUT2D eigenvalue weighted by atomic mass is 32.1. The van der Waals surface area contributed by atoms with Crippen molar-refractivity contribution in [3.05, 3.63) is 22.4 Å². The number of hydrogen-bond acceptors (Lipinski definition) is 3. The Labute approximate surface area is 119 Å². The molecule has 0 aliphatic carbocycles. The number of thiophene rings is 1. The second kappa shape index (κ2) is 6.58. The summed E-state index contributed by atoms with van der Waals surface area (Å²) >= 11 is 1.37. The number of carbonyl (C=O) groups excluding carboxylic acids is 1. The Morgan fingerprint density at radius 2 is 2.30 bits per heavy atom. The van der Waals surface area contributed by atoms with Crippen molar-refractivity contribution in [3.63, 3.8) is 0 Å². The van der Waals surface area contributed by atoms with E-state index in [1.165, 1.54) is 11.3 Å². The topological polar surface area (TPSA) is 29.5 Å². The van der Waals surface area contributed by atoms with Crippen molar-refractivity contribution in [3.8, 4) is 0 Å². The van der Waals surface area contributed by atoms with Gasteiger partial charge >= 0.3 is 6.18 Å². The number of ether oxygens (including phenoxy) is 1. The van der Waals surface area contributed by atoms with Gasteiger partial charge < -0.3 is 9.64 Å². The quantitative estimate of drug-likeness (QED) is 0.856. The van der Waals surface area contributed by atoms with Gasteiger partial charge in [-0.25, -0.2) is 0 Å². The van der Waals surface area contributed by atoms with E-state index in [0.29, 0.717) is 19.4 Å². The minimum atomic E-state index is -4.39. The highest BCUT2D eigenvalue weighted by Crippen LogP contribution is 2.23. The molecule has 1 amide bonds. The van der Waals surface area contributed by atoms with Gasteiger partial charge in [-0.3, -0.25) is 4.79 Å². The molecule has 0 radical (unpaired) electrons. The first-order valence-electron chi connectivity index (χ1n) is 6.42. The summed E-state index contributed by atoms with van der Waals surface area (Å²) in [6.45, 7) is -0.465. The van der Waals surface area contributed by atoms with Crippen molar-refractivity contribution >= 4 is 17.2 Å². The summed E-state index contributed by atoms with van der Waals surface area (Å²) in [5, 5.41) is 1.81. The van der Waals surface area contributed by atoms with Gasteiger partial charge in [-0.05, 0) is 24.3 Å². The molecule has 1 saturated heterocycles. The molecule has 0 aromatic carbocycles. The number of amides is 1. The second-order valence-corrected chi connectivity index (χ2v) is 5.80. The van der Waals surface area contributed by atoms with E-state index in [1.54, 1.807) is 17.5 Å². The fraction of sp³-hybridized carbons (Fsp3) is 0.615. The van der Waals surface area contributed by atoms with Crippen LogP contribution in [0.3, 0.4) is 0 Å². The van der Waals surface area contributed by atoms with E-state index in [-0.39, 0.29) is 13.0 Å². The highest BCUT2D eigenvalue weighted by Gasteiger charge is 2.37. The summed E-state index contributed by atoms with van der Waals surface area (Å²) in [5.74, 6) is -0.486. The standard InChI is InChI=1S/C13H16F3NO2S/c14-13(15,16)9-17(10-3-1-5-19-8-10)12(18)7-11-4-2-6-20-11/h2,4,6,10H,1,3,5,7-9H2/t10-/m1/s1. The smallest absolute Gasteiger partial charge is 0.379 e. The number of hydrogen-bond donors (Lipinski definition) is 0. The van der Waals surface area contributed by atoms with Gasteiger partial charge in [0.05, 0.1) is 19.1 Å². The van der Waals surface area contributed by atoms with Crippen molar-refractivity contribution in [2.24, 2.45) is 0 Å². The lowest BCUT2D eigenvalue weighted by Gasteiger charge is -2.34. The van der Waals surface area contributed by atoms with Crippen LogP contribution in [0.25, 0.3) is 0 Å². The zero-order valence-electron chi connectivity index (χ0n) is 10.9. The third-order valence-electron chi connectivity index (χ3n) is 3.15. The molecule has 0 spiro atoms. The van der Waals surface area contributed by atoms with Crippen molar-refractivity contribution < 1.29 is 22.7 Å². The fourth-order valence-corrected chi connectivity index (χ4v) is 2.94. The number of alkyl halides is 3. The van der Waals surface area contributed by atoms with Gasteiger partial charge in [-0.15, -0.1) is 11.3 Å². The van der Waals surface area contributed by atoms with Crippen LogP contribution in [0.1, 0.15) is 17.7 Å². The first-order valence-corrected chi connectivity index (χ1v) is 7.30. The Bertz CT molecular complexity index is 427. The third kappa shape index (κ3) is 4.49. The van der Waals surface area contributed by atoms with Gasteiger partial charge in [0.15, 0.2) is 0 Å². The van der Waals surface area contributed by atoms with E-state index in [9.17, 15) is 18.0 Å². The Balaban J connectivity index is 2.06. The number of rotatable bonds is 4. The number of nitrogens with zero attached hydrogens (tertiary/aromatic N) is 1. The zero-order valence-corrected chi connectivity index (χ0v) is 11.7. The third-order valence-corrected chi connectivity index (χ3v) is 4.03. The molecule has 112 valence electrons. The molecule has 0 unspecified atom stereocenters. The van der Waals surface area contributed by atoms with E-state index in [1.807, 2.05) is 0 Å². The first kappa shape index (κ1) is 15.3. The Hall–Kier alpha value is -1.08. The maximum absolute atomic E-state index is 12.7. The van der Waals surface area contributed by atoms with E-state index < -0.39 is 24.7 Å². The van der Waals surface area contributed by atoms with Crippen LogP contribution in [0.5, 0.6) is 0 Å². The van der Waals surface area contributed by atoms with E-state index in [4.69, 9.17) is 4.74 Å². The summed E-state index contributed by atoms with van der Waals surface area (Å²) in [4.78, 5) is 13.9. The second-order valence-electron chi connectivity index (χ2n) is 4.76. The molecule has 0 saturated carbocycles. The predicted molar refractivity (Wildman–Crippen MR) is 69.6 cm³/mol. The summed E-state index contributed by atoms with van der Waals surface area (Å²) in [6, 6.07) is 3.06. The van der Waals surface area contributed by atoms with Crippen LogP contribution in [-0.4, -0.2) is 42.8 Å². The molecule has 0 N–H and O–H groups in total. The lowest BCUT2D eigenvalue weighted by atomic mass is 10.1. The molecule has 7 heteroatoms. The van der Waals surface area contributed by atoms with Gasteiger partial charge in [-0.2, -0.15) is 13.2 Å². The molecule has 1 aliphatic rings. The van der Waals surface area contributed by atoms with Crippen LogP contribution in [0.15, 0.2) is 17.5 Å². The van der Waals surface area contributed by atoms with Crippen molar-refractivity contribution in [2.75, 3.05) is 19.8 Å². The Kier molecular flexibility index (Phi) is 5.04. The average Bonchev–Trinajstić information content (AvgIpc) is 2.89. The number of carbonyl (C=O) groups is 1. The lowest BCUT2D eigenvalue weighted by molar-refractivity contribution is -0.169. The van der Waals surface area contributed by atoms with Crippen LogP contribution < -0.4 is 0 Å². The molecule has 0 bridgehead atoms. The summed E-state index contributed by atoms with van der Waals surface area (Å²) in [5.41, 5.74) is 0. The molecule has 1 aromatic rings. The normalized spacial score (nSPS) is 19.9. The molecule has 20 heavy (non-hydrogen) atoms. The van der Waals surface area contributed by atoms with Gasteiger partial charge in [0.25, 0.3) is 0 Å².